The van der Waals surface area contributed by atoms with E-state index < -0.39 is 5.54 Å². The topological polar surface area (TPSA) is 106 Å². The van der Waals surface area contributed by atoms with Crippen LogP contribution >= 0.6 is 0 Å². The Morgan fingerprint density at radius 2 is 1.95 bits per heavy atom. The van der Waals surface area contributed by atoms with Crippen LogP contribution in [-0.4, -0.2) is 93.5 Å². The maximum absolute atomic E-state index is 13.9. The van der Waals surface area contributed by atoms with Gasteiger partial charge in [-0.25, -0.2) is 9.59 Å². The number of fused-ring (bicyclic) bond motifs is 1. The minimum Gasteiger partial charge on any atom is -0.381 e. The van der Waals surface area contributed by atoms with Crippen molar-refractivity contribution in [1.82, 2.24) is 30.0 Å². The van der Waals surface area contributed by atoms with Gasteiger partial charge in [-0.15, -0.1) is 0 Å². The Balaban J connectivity index is 1.23. The largest absolute Gasteiger partial charge is 0.381 e. The predicted molar refractivity (Wildman–Crippen MR) is 138 cm³/mol. The highest BCUT2D eigenvalue weighted by Gasteiger charge is 2.47. The standard InChI is InChI=1S/C26H41N7O4/c1-6-20-7-10-33(37-20)24(34)27-23-21-16-32(26(4,5)22(21)28-29-23)25(35)31-14-17(2)30(13-18(31)3)15-19-8-11-36-12-9-19/h7,17-19H,6,8-16H2,1-5H3,(H2,27,28,29,34)/t17-,18+/m1/s1. The van der Waals surface area contributed by atoms with E-state index in [4.69, 9.17) is 9.57 Å². The summed E-state index contributed by atoms with van der Waals surface area (Å²) in [5.41, 5.74) is 1.12. The number of hydrogen-bond donors (Lipinski definition) is 2. The predicted octanol–water partition coefficient (Wildman–Crippen LogP) is 3.47. The second-order valence-electron chi connectivity index (χ2n) is 11.3. The van der Waals surface area contributed by atoms with E-state index in [0.717, 1.165) is 62.6 Å². The quantitative estimate of drug-likeness (QED) is 0.636. The van der Waals surface area contributed by atoms with Crippen LogP contribution in [0.2, 0.25) is 0 Å². The smallest absolute Gasteiger partial charge is 0.356 e. The zero-order valence-corrected chi connectivity index (χ0v) is 22.7. The number of carbonyl (C=O) groups excluding carboxylic acids is 2. The second kappa shape index (κ2) is 10.2. The second-order valence-corrected chi connectivity index (χ2v) is 11.3. The molecule has 2 N–H and O–H groups in total. The maximum Gasteiger partial charge on any atom is 0.356 e. The van der Waals surface area contributed by atoms with Gasteiger partial charge in [0, 0.05) is 56.9 Å². The first kappa shape index (κ1) is 25.8. The number of ether oxygens (including phenoxy) is 1. The van der Waals surface area contributed by atoms with Gasteiger partial charge in [0.1, 0.15) is 5.76 Å². The van der Waals surface area contributed by atoms with Gasteiger partial charge in [0.15, 0.2) is 5.82 Å². The SMILES string of the molecule is CCC1=CCN(C(=O)Nc2n[nH]c3c2CN(C(=O)N2C[C@@H](C)N(CC4CCOCC4)C[C@@H]2C)C3(C)C)O1. The fourth-order valence-electron chi connectivity index (χ4n) is 5.96. The Bertz CT molecular complexity index is 1050. The van der Waals surface area contributed by atoms with Crippen molar-refractivity contribution in [2.24, 2.45) is 5.92 Å². The molecule has 0 radical (unpaired) electrons. The first-order valence-corrected chi connectivity index (χ1v) is 13.6. The molecule has 11 heteroatoms. The number of hydrogen-bond acceptors (Lipinski definition) is 6. The number of hydroxylamine groups is 2. The summed E-state index contributed by atoms with van der Waals surface area (Å²) in [6.45, 7) is 15.5. The number of allylic oxidation sites excluding steroid dienone is 1. The summed E-state index contributed by atoms with van der Waals surface area (Å²) < 4.78 is 5.53. The molecule has 37 heavy (non-hydrogen) atoms. The molecule has 4 aliphatic rings. The molecule has 2 atom stereocenters. The van der Waals surface area contributed by atoms with Crippen molar-refractivity contribution in [3.05, 3.63) is 23.1 Å². The Labute approximate surface area is 219 Å². The highest BCUT2D eigenvalue weighted by molar-refractivity contribution is 5.89. The zero-order valence-electron chi connectivity index (χ0n) is 22.7. The minimum absolute atomic E-state index is 0.0246. The van der Waals surface area contributed by atoms with Crippen LogP contribution in [0.15, 0.2) is 11.8 Å². The van der Waals surface area contributed by atoms with Crippen molar-refractivity contribution >= 4 is 17.9 Å². The molecule has 11 nitrogen and oxygen atoms in total. The summed E-state index contributed by atoms with van der Waals surface area (Å²) in [5, 5.41) is 11.6. The molecular weight excluding hydrogens is 474 g/mol. The van der Waals surface area contributed by atoms with Crippen LogP contribution < -0.4 is 5.32 Å². The third kappa shape index (κ3) is 4.90. The van der Waals surface area contributed by atoms with Crippen molar-refractivity contribution in [3.8, 4) is 0 Å². The van der Waals surface area contributed by atoms with E-state index in [1.807, 2.05) is 36.6 Å². The Morgan fingerprint density at radius 1 is 1.19 bits per heavy atom. The van der Waals surface area contributed by atoms with Crippen LogP contribution in [0.1, 0.15) is 65.1 Å². The average Bonchev–Trinajstić information content (AvgIpc) is 3.58. The summed E-state index contributed by atoms with van der Waals surface area (Å²) >= 11 is 0. The number of nitrogens with zero attached hydrogens (tertiary/aromatic N) is 5. The fourth-order valence-corrected chi connectivity index (χ4v) is 5.96. The van der Waals surface area contributed by atoms with Crippen LogP contribution in [0.5, 0.6) is 0 Å². The number of H-pyrrole nitrogens is 1. The number of anilines is 1. The number of nitrogens with one attached hydrogen (secondary N) is 2. The molecular formula is C26H41N7O4. The number of urea groups is 2. The first-order valence-electron chi connectivity index (χ1n) is 13.6. The third-order valence-corrected chi connectivity index (χ3v) is 8.41. The molecule has 0 aliphatic carbocycles. The van der Waals surface area contributed by atoms with Crippen LogP contribution in [0.4, 0.5) is 15.4 Å². The molecule has 0 spiro atoms. The van der Waals surface area contributed by atoms with E-state index >= 15 is 0 Å². The molecule has 2 fully saturated rings. The average molecular weight is 516 g/mol. The third-order valence-electron chi connectivity index (χ3n) is 8.41. The summed E-state index contributed by atoms with van der Waals surface area (Å²) in [5.74, 6) is 1.89. The highest BCUT2D eigenvalue weighted by atomic mass is 16.7. The molecule has 0 bridgehead atoms. The number of carbonyl (C=O) groups is 2. The van der Waals surface area contributed by atoms with Gasteiger partial charge >= 0.3 is 12.1 Å². The van der Waals surface area contributed by atoms with Gasteiger partial charge in [0.05, 0.1) is 24.3 Å². The minimum atomic E-state index is -0.578. The van der Waals surface area contributed by atoms with Gasteiger partial charge in [0.2, 0.25) is 0 Å². The number of aromatic nitrogens is 2. The van der Waals surface area contributed by atoms with E-state index in [2.05, 4.69) is 34.3 Å². The molecule has 5 heterocycles. The van der Waals surface area contributed by atoms with Crippen LogP contribution in [0, 0.1) is 5.92 Å². The van der Waals surface area contributed by atoms with Gasteiger partial charge in [-0.1, -0.05) is 6.92 Å². The number of aromatic amines is 1. The van der Waals surface area contributed by atoms with Crippen molar-refractivity contribution in [1.29, 1.82) is 0 Å². The van der Waals surface area contributed by atoms with Crippen molar-refractivity contribution in [2.45, 2.75) is 78.0 Å². The first-order chi connectivity index (χ1) is 17.7. The molecule has 0 aromatic carbocycles. The number of rotatable bonds is 4. The van der Waals surface area contributed by atoms with Crippen LogP contribution in [0.25, 0.3) is 0 Å². The fraction of sp³-hybridized carbons (Fsp3) is 0.731. The van der Waals surface area contributed by atoms with E-state index in [1.165, 1.54) is 5.06 Å². The normalized spacial score (nSPS) is 26.2. The molecule has 2 saturated heterocycles. The molecule has 5 rings (SSSR count). The summed E-state index contributed by atoms with van der Waals surface area (Å²) in [4.78, 5) is 38.7. The van der Waals surface area contributed by atoms with Gasteiger partial charge in [-0.2, -0.15) is 10.2 Å². The Kier molecular flexibility index (Phi) is 7.10. The maximum atomic E-state index is 13.9. The van der Waals surface area contributed by atoms with E-state index in [0.29, 0.717) is 37.4 Å². The zero-order chi connectivity index (χ0) is 26.3. The lowest BCUT2D eigenvalue weighted by molar-refractivity contribution is -0.0435. The Morgan fingerprint density at radius 3 is 2.65 bits per heavy atom. The van der Waals surface area contributed by atoms with Crippen molar-refractivity contribution in [3.63, 3.8) is 0 Å². The Hall–Kier alpha value is -2.79. The number of piperazine rings is 1. The lowest BCUT2D eigenvalue weighted by atomic mass is 9.97. The van der Waals surface area contributed by atoms with Gasteiger partial charge in [0.25, 0.3) is 0 Å². The molecule has 4 amide bonds. The van der Waals surface area contributed by atoms with E-state index in [-0.39, 0.29) is 18.1 Å². The van der Waals surface area contributed by atoms with E-state index in [9.17, 15) is 9.59 Å². The van der Waals surface area contributed by atoms with Crippen LogP contribution in [0.3, 0.4) is 0 Å². The molecule has 4 aliphatic heterocycles. The van der Waals surface area contributed by atoms with E-state index in [1.54, 1.807) is 0 Å². The lowest BCUT2D eigenvalue weighted by Gasteiger charge is -2.47. The molecule has 204 valence electrons. The summed E-state index contributed by atoms with van der Waals surface area (Å²) in [7, 11) is 0. The number of amides is 4. The van der Waals surface area contributed by atoms with Gasteiger partial charge < -0.3 is 19.4 Å². The highest BCUT2D eigenvalue weighted by Crippen LogP contribution is 2.41. The monoisotopic (exact) mass is 515 g/mol. The molecule has 0 unspecified atom stereocenters. The molecule has 1 aromatic heterocycles. The molecule has 1 aromatic rings. The van der Waals surface area contributed by atoms with Crippen molar-refractivity contribution < 1.29 is 19.2 Å². The summed E-state index contributed by atoms with van der Waals surface area (Å²) in [6.07, 6.45) is 4.86. The van der Waals surface area contributed by atoms with Crippen molar-refractivity contribution in [2.75, 3.05) is 44.7 Å². The van der Waals surface area contributed by atoms with Crippen LogP contribution in [-0.2, 0) is 21.7 Å². The molecule has 0 saturated carbocycles. The lowest BCUT2D eigenvalue weighted by Crippen LogP contribution is -2.62. The summed E-state index contributed by atoms with van der Waals surface area (Å²) in [6, 6.07) is 0.0598. The van der Waals surface area contributed by atoms with Gasteiger partial charge in [-0.3, -0.25) is 15.3 Å². The van der Waals surface area contributed by atoms with Gasteiger partial charge in [-0.05, 0) is 52.5 Å².